The molecule has 3 aromatic rings. The van der Waals surface area contributed by atoms with E-state index in [1.54, 1.807) is 22.5 Å². The molecule has 1 saturated heterocycles. The van der Waals surface area contributed by atoms with Crippen molar-refractivity contribution in [1.82, 2.24) is 14.4 Å². The number of nitrogens with one attached hydrogen (secondary N) is 1. The lowest BCUT2D eigenvalue weighted by Gasteiger charge is -2.26. The number of hydrogen-bond acceptors (Lipinski definition) is 7. The highest BCUT2D eigenvalue weighted by Gasteiger charge is 2.29. The summed E-state index contributed by atoms with van der Waals surface area (Å²) in [5, 5.41) is 7.27. The maximum atomic E-state index is 13.2. The topological polar surface area (TPSA) is 97.6 Å². The van der Waals surface area contributed by atoms with E-state index in [0.29, 0.717) is 42.1 Å². The van der Waals surface area contributed by atoms with Crippen molar-refractivity contribution in [2.24, 2.45) is 0 Å². The van der Waals surface area contributed by atoms with Gasteiger partial charge in [-0.25, -0.2) is 8.42 Å². The van der Waals surface area contributed by atoms with Crippen LogP contribution in [0, 0.1) is 0 Å². The van der Waals surface area contributed by atoms with Crippen molar-refractivity contribution >= 4 is 15.7 Å². The van der Waals surface area contributed by atoms with Crippen molar-refractivity contribution in [3.05, 3.63) is 60.2 Å². The smallest absolute Gasteiger partial charge is 0.245 e. The van der Waals surface area contributed by atoms with Gasteiger partial charge in [-0.05, 0) is 56.0 Å². The van der Waals surface area contributed by atoms with E-state index in [4.69, 9.17) is 9.26 Å². The Morgan fingerprint density at radius 3 is 2.59 bits per heavy atom. The lowest BCUT2D eigenvalue weighted by molar-refractivity contribution is 0.346. The van der Waals surface area contributed by atoms with Crippen LogP contribution in [0.15, 0.2) is 57.9 Å². The summed E-state index contributed by atoms with van der Waals surface area (Å²) in [6, 6.07) is 14.3. The van der Waals surface area contributed by atoms with Gasteiger partial charge < -0.3 is 14.6 Å². The Kier molecular flexibility index (Phi) is 5.84. The molecule has 168 valence electrons. The Labute approximate surface area is 187 Å². The van der Waals surface area contributed by atoms with E-state index in [1.807, 2.05) is 30.3 Å². The molecule has 1 aromatic heterocycles. The Morgan fingerprint density at radius 1 is 1.06 bits per heavy atom. The van der Waals surface area contributed by atoms with Crippen molar-refractivity contribution in [1.29, 1.82) is 0 Å². The molecular formula is C23H26N4O4S. The molecule has 0 radical (unpaired) electrons. The van der Waals surface area contributed by atoms with Gasteiger partial charge in [-0.15, -0.1) is 0 Å². The summed E-state index contributed by atoms with van der Waals surface area (Å²) >= 11 is 0. The van der Waals surface area contributed by atoms with Crippen LogP contribution in [0.3, 0.4) is 0 Å². The van der Waals surface area contributed by atoms with Gasteiger partial charge in [-0.2, -0.15) is 9.29 Å². The molecule has 2 fully saturated rings. The molecule has 2 aromatic carbocycles. The van der Waals surface area contributed by atoms with E-state index in [0.717, 1.165) is 37.9 Å². The normalized spacial score (nSPS) is 17.2. The average molecular weight is 455 g/mol. The summed E-state index contributed by atoms with van der Waals surface area (Å²) in [4.78, 5) is 4.68. The largest absolute Gasteiger partial charge is 0.455 e. The van der Waals surface area contributed by atoms with E-state index >= 15 is 0 Å². The number of benzene rings is 2. The van der Waals surface area contributed by atoms with E-state index in [1.165, 1.54) is 0 Å². The first kappa shape index (κ1) is 21.0. The number of para-hydroxylation sites is 1. The van der Waals surface area contributed by atoms with Crippen molar-refractivity contribution < 1.29 is 17.7 Å². The van der Waals surface area contributed by atoms with E-state index in [2.05, 4.69) is 15.5 Å². The highest BCUT2D eigenvalue weighted by atomic mass is 32.2. The van der Waals surface area contributed by atoms with Gasteiger partial charge in [-0.1, -0.05) is 29.8 Å². The van der Waals surface area contributed by atoms with Crippen molar-refractivity contribution in [2.75, 3.05) is 18.4 Å². The third-order valence-corrected chi connectivity index (χ3v) is 7.63. The van der Waals surface area contributed by atoms with Gasteiger partial charge in [0.2, 0.25) is 15.9 Å². The van der Waals surface area contributed by atoms with Gasteiger partial charge in [0.1, 0.15) is 5.75 Å². The van der Waals surface area contributed by atoms with Crippen LogP contribution in [0.1, 0.15) is 49.7 Å². The zero-order valence-electron chi connectivity index (χ0n) is 17.7. The SMILES string of the molecule is O=S(=O)(c1ccc(Oc2ccccc2)c(NCc2nc(C3CC3)no2)c1)N1CCCCC1. The molecule has 32 heavy (non-hydrogen) atoms. The van der Waals surface area contributed by atoms with Crippen LogP contribution in [-0.2, 0) is 16.6 Å². The second kappa shape index (κ2) is 8.91. The van der Waals surface area contributed by atoms with Crippen molar-refractivity contribution in [2.45, 2.75) is 49.5 Å². The predicted octanol–water partition coefficient (Wildman–Crippen LogP) is 4.53. The molecule has 0 bridgehead atoms. The van der Waals surface area contributed by atoms with Crippen LogP contribution in [0.2, 0.25) is 0 Å². The van der Waals surface area contributed by atoms with Crippen molar-refractivity contribution in [3.8, 4) is 11.5 Å². The lowest BCUT2D eigenvalue weighted by atomic mass is 10.2. The van der Waals surface area contributed by atoms with Crippen LogP contribution in [0.25, 0.3) is 0 Å². The number of nitrogens with zero attached hydrogens (tertiary/aromatic N) is 3. The minimum Gasteiger partial charge on any atom is -0.455 e. The molecule has 0 amide bonds. The Hall–Kier alpha value is -2.91. The maximum absolute atomic E-state index is 13.2. The molecule has 1 aliphatic carbocycles. The maximum Gasteiger partial charge on any atom is 0.245 e. The monoisotopic (exact) mass is 454 g/mol. The zero-order chi connectivity index (χ0) is 22.0. The first-order valence-electron chi connectivity index (χ1n) is 11.0. The molecule has 0 spiro atoms. The summed E-state index contributed by atoms with van der Waals surface area (Å²) in [6.45, 7) is 1.39. The minimum atomic E-state index is -3.57. The number of piperidine rings is 1. The summed E-state index contributed by atoms with van der Waals surface area (Å²) in [5.41, 5.74) is 0.554. The van der Waals surface area contributed by atoms with Gasteiger partial charge in [0.25, 0.3) is 0 Å². The number of aromatic nitrogens is 2. The average Bonchev–Trinajstić information content (AvgIpc) is 3.57. The van der Waals surface area contributed by atoms with Gasteiger partial charge in [0, 0.05) is 19.0 Å². The fraction of sp³-hybridized carbons (Fsp3) is 0.391. The van der Waals surface area contributed by atoms with Gasteiger partial charge in [0.15, 0.2) is 11.6 Å². The van der Waals surface area contributed by atoms with Gasteiger partial charge >= 0.3 is 0 Å². The van der Waals surface area contributed by atoms with Gasteiger partial charge in [-0.3, -0.25) is 0 Å². The molecule has 1 aliphatic heterocycles. The second-order valence-electron chi connectivity index (χ2n) is 8.21. The fourth-order valence-corrected chi connectivity index (χ4v) is 5.33. The molecule has 1 N–H and O–H groups in total. The number of sulfonamides is 1. The molecule has 2 heterocycles. The lowest BCUT2D eigenvalue weighted by Crippen LogP contribution is -2.35. The minimum absolute atomic E-state index is 0.242. The Balaban J connectivity index is 1.41. The number of anilines is 1. The van der Waals surface area contributed by atoms with Crippen LogP contribution >= 0.6 is 0 Å². The first-order chi connectivity index (χ1) is 15.6. The summed E-state index contributed by atoms with van der Waals surface area (Å²) in [7, 11) is -3.57. The van der Waals surface area contributed by atoms with Crippen molar-refractivity contribution in [3.63, 3.8) is 0 Å². The predicted molar refractivity (Wildman–Crippen MR) is 119 cm³/mol. The number of hydrogen-bond donors (Lipinski definition) is 1. The summed E-state index contributed by atoms with van der Waals surface area (Å²) in [6.07, 6.45) is 5.03. The third-order valence-electron chi connectivity index (χ3n) is 5.73. The second-order valence-corrected chi connectivity index (χ2v) is 10.1. The van der Waals surface area contributed by atoms with Crippen LogP contribution in [0.4, 0.5) is 5.69 Å². The quantitative estimate of drug-likeness (QED) is 0.534. The zero-order valence-corrected chi connectivity index (χ0v) is 18.6. The van der Waals surface area contributed by atoms with E-state index in [-0.39, 0.29) is 11.4 Å². The molecule has 2 aliphatic rings. The molecule has 5 rings (SSSR count). The Bertz CT molecular complexity index is 1170. The van der Waals surface area contributed by atoms with E-state index in [9.17, 15) is 8.42 Å². The molecule has 9 heteroatoms. The third kappa shape index (κ3) is 4.63. The highest BCUT2D eigenvalue weighted by Crippen LogP contribution is 2.38. The number of rotatable bonds is 8. The van der Waals surface area contributed by atoms with Crippen LogP contribution in [0.5, 0.6) is 11.5 Å². The Morgan fingerprint density at radius 2 is 1.84 bits per heavy atom. The molecule has 1 saturated carbocycles. The fourth-order valence-electron chi connectivity index (χ4n) is 3.78. The number of ether oxygens (including phenoxy) is 1. The molecule has 0 atom stereocenters. The summed E-state index contributed by atoms with van der Waals surface area (Å²) in [5.74, 6) is 2.79. The molecule has 0 unspecified atom stereocenters. The first-order valence-corrected chi connectivity index (χ1v) is 12.5. The van der Waals surface area contributed by atoms with E-state index < -0.39 is 10.0 Å². The highest BCUT2D eigenvalue weighted by molar-refractivity contribution is 7.89. The van der Waals surface area contributed by atoms with Crippen LogP contribution in [-0.4, -0.2) is 36.0 Å². The van der Waals surface area contributed by atoms with Crippen LogP contribution < -0.4 is 10.1 Å². The standard InChI is InChI=1S/C23H26N4O4S/c28-32(29,27-13-5-2-6-14-27)19-11-12-21(30-18-7-3-1-4-8-18)20(15-19)24-16-22-25-23(26-31-22)17-9-10-17/h1,3-4,7-8,11-12,15,17,24H,2,5-6,9-10,13-14,16H2. The molecular weight excluding hydrogens is 428 g/mol. The van der Waals surface area contributed by atoms with Gasteiger partial charge in [0.05, 0.1) is 17.1 Å². The summed E-state index contributed by atoms with van der Waals surface area (Å²) < 4.78 is 39.3. The molecule has 8 nitrogen and oxygen atoms in total.